The quantitative estimate of drug-likeness (QED) is 0.866. The van der Waals surface area contributed by atoms with E-state index in [0.29, 0.717) is 5.69 Å². The van der Waals surface area contributed by atoms with E-state index in [4.69, 9.17) is 0 Å². The minimum atomic E-state index is -0.182. The van der Waals surface area contributed by atoms with Crippen molar-refractivity contribution >= 4 is 11.4 Å². The van der Waals surface area contributed by atoms with Gasteiger partial charge in [-0.15, -0.1) is 0 Å². The highest BCUT2D eigenvalue weighted by Gasteiger charge is 2.14. The third-order valence-corrected chi connectivity index (χ3v) is 3.83. The highest BCUT2D eigenvalue weighted by Crippen LogP contribution is 2.29. The van der Waals surface area contributed by atoms with Gasteiger partial charge in [0.2, 0.25) is 0 Å². The number of anilines is 2. The summed E-state index contributed by atoms with van der Waals surface area (Å²) in [6, 6.07) is 13.8. The second-order valence-corrected chi connectivity index (χ2v) is 5.30. The summed E-state index contributed by atoms with van der Waals surface area (Å²) in [5.41, 5.74) is 3.77. The average molecular weight is 286 g/mol. The first-order valence-corrected chi connectivity index (χ1v) is 7.37. The Labute approximate surface area is 126 Å². The summed E-state index contributed by atoms with van der Waals surface area (Å²) in [4.78, 5) is 2.00. The van der Waals surface area contributed by atoms with Crippen LogP contribution in [0.25, 0.3) is 0 Å². The fraction of sp³-hybridized carbons (Fsp3) is 0.333. The molecule has 0 spiro atoms. The van der Waals surface area contributed by atoms with Gasteiger partial charge < -0.3 is 10.2 Å². The van der Waals surface area contributed by atoms with Gasteiger partial charge in [0, 0.05) is 18.3 Å². The number of hydrogen-bond acceptors (Lipinski definition) is 2. The number of hydrogen-bond donors (Lipinski definition) is 1. The molecule has 2 aromatic carbocycles. The van der Waals surface area contributed by atoms with Crippen molar-refractivity contribution < 1.29 is 4.39 Å². The molecule has 1 unspecified atom stereocenters. The largest absolute Gasteiger partial charge is 0.339 e. The maximum atomic E-state index is 14.5. The third kappa shape index (κ3) is 3.42. The van der Waals surface area contributed by atoms with Gasteiger partial charge in [-0.05, 0) is 63.2 Å². The SMILES string of the molecule is CCN(c1cccc(C)c1)c1ccc(C(C)NC)cc1F. The zero-order valence-corrected chi connectivity index (χ0v) is 13.2. The smallest absolute Gasteiger partial charge is 0.147 e. The molecule has 2 nitrogen and oxygen atoms in total. The lowest BCUT2D eigenvalue weighted by Gasteiger charge is -2.25. The molecule has 0 heterocycles. The van der Waals surface area contributed by atoms with E-state index in [1.165, 1.54) is 5.56 Å². The Kier molecular flexibility index (Phi) is 4.97. The fourth-order valence-electron chi connectivity index (χ4n) is 2.47. The molecule has 0 aromatic heterocycles. The van der Waals surface area contributed by atoms with Crippen molar-refractivity contribution in [2.45, 2.75) is 26.8 Å². The van der Waals surface area contributed by atoms with Crippen LogP contribution in [0.4, 0.5) is 15.8 Å². The van der Waals surface area contributed by atoms with Crippen LogP contribution in [0.5, 0.6) is 0 Å². The van der Waals surface area contributed by atoms with Crippen LogP contribution in [0.3, 0.4) is 0 Å². The number of nitrogens with zero attached hydrogens (tertiary/aromatic N) is 1. The van der Waals surface area contributed by atoms with Crippen molar-refractivity contribution in [3.63, 3.8) is 0 Å². The molecule has 2 aromatic rings. The Hall–Kier alpha value is -1.87. The van der Waals surface area contributed by atoms with Gasteiger partial charge >= 0.3 is 0 Å². The minimum Gasteiger partial charge on any atom is -0.339 e. The molecule has 0 saturated carbocycles. The maximum absolute atomic E-state index is 14.5. The van der Waals surface area contributed by atoms with Crippen LogP contribution in [-0.2, 0) is 0 Å². The van der Waals surface area contributed by atoms with Crippen molar-refractivity contribution in [3.8, 4) is 0 Å². The van der Waals surface area contributed by atoms with Gasteiger partial charge in [-0.2, -0.15) is 0 Å². The van der Waals surface area contributed by atoms with Crippen LogP contribution in [0.15, 0.2) is 42.5 Å². The van der Waals surface area contributed by atoms with Gasteiger partial charge in [-0.25, -0.2) is 4.39 Å². The van der Waals surface area contributed by atoms with Gasteiger partial charge in [0.25, 0.3) is 0 Å². The Morgan fingerprint density at radius 2 is 1.95 bits per heavy atom. The number of rotatable bonds is 5. The maximum Gasteiger partial charge on any atom is 0.147 e. The van der Waals surface area contributed by atoms with Crippen molar-refractivity contribution in [3.05, 3.63) is 59.4 Å². The summed E-state index contributed by atoms with van der Waals surface area (Å²) in [5, 5.41) is 3.13. The second-order valence-electron chi connectivity index (χ2n) is 5.30. The first-order chi connectivity index (χ1) is 10.1. The highest BCUT2D eigenvalue weighted by molar-refractivity contribution is 5.64. The lowest BCUT2D eigenvalue weighted by Crippen LogP contribution is -2.18. The van der Waals surface area contributed by atoms with Crippen LogP contribution in [0.2, 0.25) is 0 Å². The van der Waals surface area contributed by atoms with Crippen LogP contribution in [0, 0.1) is 12.7 Å². The number of benzene rings is 2. The summed E-state index contributed by atoms with van der Waals surface area (Å²) in [6.45, 7) is 6.82. The number of aryl methyl sites for hydroxylation is 1. The van der Waals surface area contributed by atoms with Crippen LogP contribution in [-0.4, -0.2) is 13.6 Å². The van der Waals surface area contributed by atoms with Crippen molar-refractivity contribution in [2.24, 2.45) is 0 Å². The molecule has 1 N–H and O–H groups in total. The van der Waals surface area contributed by atoms with E-state index in [-0.39, 0.29) is 11.9 Å². The van der Waals surface area contributed by atoms with Crippen LogP contribution >= 0.6 is 0 Å². The van der Waals surface area contributed by atoms with Crippen LogP contribution in [0.1, 0.15) is 31.0 Å². The number of halogens is 1. The van der Waals surface area contributed by atoms with Gasteiger partial charge in [0.05, 0.1) is 5.69 Å². The molecule has 0 radical (unpaired) electrons. The molecule has 0 amide bonds. The first-order valence-electron chi connectivity index (χ1n) is 7.37. The Balaban J connectivity index is 2.39. The molecule has 0 aliphatic carbocycles. The van der Waals surface area contributed by atoms with E-state index in [0.717, 1.165) is 17.8 Å². The Morgan fingerprint density at radius 1 is 1.19 bits per heavy atom. The van der Waals surface area contributed by atoms with Crippen LogP contribution < -0.4 is 10.2 Å². The summed E-state index contributed by atoms with van der Waals surface area (Å²) >= 11 is 0. The molecule has 0 aliphatic heterocycles. The van der Waals surface area contributed by atoms with Crippen molar-refractivity contribution in [2.75, 3.05) is 18.5 Å². The topological polar surface area (TPSA) is 15.3 Å². The lowest BCUT2D eigenvalue weighted by molar-refractivity contribution is 0.607. The van der Waals surface area contributed by atoms with Gasteiger partial charge in [0.15, 0.2) is 0 Å². The molecule has 21 heavy (non-hydrogen) atoms. The molecule has 1 atom stereocenters. The first kappa shape index (κ1) is 15.5. The summed E-state index contributed by atoms with van der Waals surface area (Å²) in [6.07, 6.45) is 0. The average Bonchev–Trinajstić information content (AvgIpc) is 2.49. The predicted molar refractivity (Wildman–Crippen MR) is 87.7 cm³/mol. The molecule has 0 aliphatic rings. The molecule has 0 bridgehead atoms. The molecule has 0 fully saturated rings. The minimum absolute atomic E-state index is 0.141. The zero-order valence-electron chi connectivity index (χ0n) is 13.2. The fourth-order valence-corrected chi connectivity index (χ4v) is 2.47. The molecular weight excluding hydrogens is 263 g/mol. The third-order valence-electron chi connectivity index (χ3n) is 3.83. The molecule has 112 valence electrons. The van der Waals surface area contributed by atoms with Crippen molar-refractivity contribution in [1.82, 2.24) is 5.32 Å². The highest BCUT2D eigenvalue weighted by atomic mass is 19.1. The summed E-state index contributed by atoms with van der Waals surface area (Å²) in [7, 11) is 1.88. The van der Waals surface area contributed by atoms with Gasteiger partial charge in [-0.1, -0.05) is 18.2 Å². The molecular formula is C18H23FN2. The van der Waals surface area contributed by atoms with E-state index in [9.17, 15) is 4.39 Å². The van der Waals surface area contributed by atoms with E-state index in [2.05, 4.69) is 11.4 Å². The predicted octanol–water partition coefficient (Wildman–Crippen LogP) is 4.57. The lowest BCUT2D eigenvalue weighted by atomic mass is 10.1. The summed E-state index contributed by atoms with van der Waals surface area (Å²) < 4.78 is 14.5. The standard InChI is InChI=1S/C18H23FN2/c1-5-21(16-8-6-7-13(2)11-16)18-10-9-15(12-17(18)19)14(3)20-4/h6-12,14,20H,5H2,1-4H3. The monoisotopic (exact) mass is 286 g/mol. The van der Waals surface area contributed by atoms with E-state index in [1.807, 2.05) is 63.1 Å². The van der Waals surface area contributed by atoms with Gasteiger partial charge in [-0.3, -0.25) is 0 Å². The zero-order chi connectivity index (χ0) is 15.4. The van der Waals surface area contributed by atoms with Gasteiger partial charge in [0.1, 0.15) is 5.82 Å². The summed E-state index contributed by atoms with van der Waals surface area (Å²) in [5.74, 6) is -0.182. The van der Waals surface area contributed by atoms with E-state index < -0.39 is 0 Å². The van der Waals surface area contributed by atoms with E-state index >= 15 is 0 Å². The normalized spacial score (nSPS) is 12.2. The molecule has 0 saturated heterocycles. The molecule has 2 rings (SSSR count). The molecule has 3 heteroatoms. The number of nitrogens with one attached hydrogen (secondary N) is 1. The Bertz CT molecular complexity index is 610. The van der Waals surface area contributed by atoms with E-state index in [1.54, 1.807) is 6.07 Å². The second kappa shape index (κ2) is 6.72. The van der Waals surface area contributed by atoms with Crippen molar-refractivity contribution in [1.29, 1.82) is 0 Å². The Morgan fingerprint density at radius 3 is 2.52 bits per heavy atom.